The Morgan fingerprint density at radius 2 is 1.77 bits per heavy atom. The third-order valence-electron chi connectivity index (χ3n) is 6.70. The van der Waals surface area contributed by atoms with Gasteiger partial charge in [0, 0.05) is 42.0 Å². The number of H-pyrrole nitrogens is 1. The summed E-state index contributed by atoms with van der Waals surface area (Å²) < 4.78 is 5.96. The monoisotopic (exact) mass is 418 g/mol. The number of fused-ring (bicyclic) bond motifs is 1. The van der Waals surface area contributed by atoms with Gasteiger partial charge in [-0.15, -0.1) is 0 Å². The van der Waals surface area contributed by atoms with Crippen molar-refractivity contribution >= 4 is 16.8 Å². The van der Waals surface area contributed by atoms with E-state index < -0.39 is 0 Å². The molecule has 0 spiro atoms. The maximum atomic E-state index is 12.7. The van der Waals surface area contributed by atoms with Crippen LogP contribution in [0.5, 0.6) is 5.75 Å². The number of piperidine rings is 1. The van der Waals surface area contributed by atoms with Gasteiger partial charge in [-0.2, -0.15) is 0 Å². The molecule has 1 aliphatic heterocycles. The van der Waals surface area contributed by atoms with Gasteiger partial charge in [0.25, 0.3) is 0 Å². The number of carbonyl (C=O) groups is 1. The van der Waals surface area contributed by atoms with Gasteiger partial charge in [-0.25, -0.2) is 0 Å². The lowest BCUT2D eigenvalue weighted by Gasteiger charge is -2.32. The van der Waals surface area contributed by atoms with Gasteiger partial charge in [0.2, 0.25) is 5.91 Å². The van der Waals surface area contributed by atoms with E-state index >= 15 is 0 Å². The Bertz CT molecular complexity index is 1050. The van der Waals surface area contributed by atoms with Crippen molar-refractivity contribution in [1.82, 2.24) is 9.88 Å². The fraction of sp³-hybridized carbons (Fsp3) is 0.444. The van der Waals surface area contributed by atoms with Gasteiger partial charge in [-0.1, -0.05) is 29.8 Å². The molecular formula is C27H34N2O2. The fourth-order valence-electron chi connectivity index (χ4n) is 4.87. The maximum Gasteiger partial charge on any atom is 0.222 e. The standard InChI is InChI=1S/C27H34N2O2/c1-18-10-11-24-23(17-18)21(4)26(28-24)22-12-14-29(15-13-22)25(30)9-6-16-31-27-19(2)7-5-8-20(27)3/h5,7-8,10-11,17,22,28H,6,9,12-16H2,1-4H3. The number of carbonyl (C=O) groups excluding carboxylic acids is 1. The van der Waals surface area contributed by atoms with E-state index in [1.165, 1.54) is 27.7 Å². The molecule has 1 saturated heterocycles. The molecule has 31 heavy (non-hydrogen) atoms. The number of benzene rings is 2. The molecule has 1 aromatic heterocycles. The Balaban J connectivity index is 1.27. The second-order valence-electron chi connectivity index (χ2n) is 9.04. The van der Waals surface area contributed by atoms with Crippen LogP contribution < -0.4 is 4.74 Å². The summed E-state index contributed by atoms with van der Waals surface area (Å²) in [4.78, 5) is 18.4. The van der Waals surface area contributed by atoms with E-state index in [2.05, 4.69) is 63.0 Å². The van der Waals surface area contributed by atoms with Gasteiger partial charge in [0.15, 0.2) is 0 Å². The van der Waals surface area contributed by atoms with Crippen LogP contribution >= 0.6 is 0 Å². The lowest BCUT2D eigenvalue weighted by Crippen LogP contribution is -2.38. The van der Waals surface area contributed by atoms with Crippen LogP contribution in [0.4, 0.5) is 0 Å². The van der Waals surface area contributed by atoms with Crippen LogP contribution in [0.3, 0.4) is 0 Å². The molecule has 3 aromatic rings. The first-order valence-corrected chi connectivity index (χ1v) is 11.5. The Kier molecular flexibility index (Phi) is 6.35. The lowest BCUT2D eigenvalue weighted by molar-refractivity contribution is -0.132. The zero-order valence-electron chi connectivity index (χ0n) is 19.3. The first kappa shape index (κ1) is 21.5. The molecule has 0 unspecified atom stereocenters. The minimum atomic E-state index is 0.257. The molecule has 0 bridgehead atoms. The number of ether oxygens (including phenoxy) is 1. The van der Waals surface area contributed by atoms with Gasteiger partial charge >= 0.3 is 0 Å². The van der Waals surface area contributed by atoms with Crippen LogP contribution in [0.1, 0.15) is 59.5 Å². The molecule has 4 nitrogen and oxygen atoms in total. The van der Waals surface area contributed by atoms with Crippen LogP contribution in [-0.2, 0) is 4.79 Å². The van der Waals surface area contributed by atoms with Gasteiger partial charge in [-0.05, 0) is 75.8 Å². The number of rotatable bonds is 6. The molecule has 4 heteroatoms. The summed E-state index contributed by atoms with van der Waals surface area (Å²) >= 11 is 0. The number of para-hydroxylation sites is 1. The zero-order chi connectivity index (χ0) is 22.0. The summed E-state index contributed by atoms with van der Waals surface area (Å²) in [6.45, 7) is 10.8. The van der Waals surface area contributed by atoms with Crippen molar-refractivity contribution in [3.8, 4) is 5.75 Å². The predicted molar refractivity (Wildman–Crippen MR) is 127 cm³/mol. The Labute approximate surface area is 185 Å². The Morgan fingerprint density at radius 3 is 2.48 bits per heavy atom. The molecule has 164 valence electrons. The minimum absolute atomic E-state index is 0.257. The number of amides is 1. The molecular weight excluding hydrogens is 384 g/mol. The summed E-state index contributed by atoms with van der Waals surface area (Å²) in [6, 6.07) is 12.8. The molecule has 1 fully saturated rings. The molecule has 0 radical (unpaired) electrons. The van der Waals surface area contributed by atoms with Crippen LogP contribution in [0, 0.1) is 27.7 Å². The summed E-state index contributed by atoms with van der Waals surface area (Å²) in [7, 11) is 0. The van der Waals surface area contributed by atoms with Crippen LogP contribution in [0.25, 0.3) is 10.9 Å². The summed E-state index contributed by atoms with van der Waals surface area (Å²) in [5, 5.41) is 1.33. The van der Waals surface area contributed by atoms with E-state index in [4.69, 9.17) is 4.74 Å². The number of likely N-dealkylation sites (tertiary alicyclic amines) is 1. The first-order chi connectivity index (χ1) is 14.9. The van der Waals surface area contributed by atoms with Crippen molar-refractivity contribution in [2.24, 2.45) is 0 Å². The number of hydrogen-bond donors (Lipinski definition) is 1. The quantitative estimate of drug-likeness (QED) is 0.502. The number of aromatic amines is 1. The molecule has 4 rings (SSSR count). The second-order valence-corrected chi connectivity index (χ2v) is 9.04. The Hall–Kier alpha value is -2.75. The highest BCUT2D eigenvalue weighted by atomic mass is 16.5. The second kappa shape index (κ2) is 9.17. The molecule has 1 aliphatic rings. The number of nitrogens with zero attached hydrogens (tertiary/aromatic N) is 1. The van der Waals surface area contributed by atoms with E-state index in [0.29, 0.717) is 18.9 Å². The van der Waals surface area contributed by atoms with Crippen molar-refractivity contribution in [3.63, 3.8) is 0 Å². The zero-order valence-corrected chi connectivity index (χ0v) is 19.3. The van der Waals surface area contributed by atoms with E-state index in [9.17, 15) is 4.79 Å². The highest BCUT2D eigenvalue weighted by Gasteiger charge is 2.26. The maximum absolute atomic E-state index is 12.7. The minimum Gasteiger partial charge on any atom is -0.493 e. The van der Waals surface area contributed by atoms with Crippen molar-refractivity contribution < 1.29 is 9.53 Å². The molecule has 1 amide bonds. The van der Waals surface area contributed by atoms with E-state index in [1.54, 1.807) is 0 Å². The lowest BCUT2D eigenvalue weighted by atomic mass is 9.91. The molecule has 0 atom stereocenters. The smallest absolute Gasteiger partial charge is 0.222 e. The van der Waals surface area contributed by atoms with Gasteiger partial charge < -0.3 is 14.6 Å². The highest BCUT2D eigenvalue weighted by Crippen LogP contribution is 2.34. The predicted octanol–water partition coefficient (Wildman–Crippen LogP) is 5.97. The largest absolute Gasteiger partial charge is 0.493 e. The first-order valence-electron chi connectivity index (χ1n) is 11.5. The molecule has 0 saturated carbocycles. The number of aromatic nitrogens is 1. The normalized spacial score (nSPS) is 14.9. The average molecular weight is 419 g/mol. The summed E-state index contributed by atoms with van der Waals surface area (Å²) in [6.07, 6.45) is 3.36. The third kappa shape index (κ3) is 4.63. The van der Waals surface area contributed by atoms with Gasteiger partial charge in [0.1, 0.15) is 5.75 Å². The molecule has 2 heterocycles. The van der Waals surface area contributed by atoms with Crippen molar-refractivity contribution in [2.75, 3.05) is 19.7 Å². The van der Waals surface area contributed by atoms with Crippen molar-refractivity contribution in [3.05, 3.63) is 64.3 Å². The van der Waals surface area contributed by atoms with E-state index in [-0.39, 0.29) is 5.91 Å². The van der Waals surface area contributed by atoms with Crippen molar-refractivity contribution in [1.29, 1.82) is 0 Å². The third-order valence-corrected chi connectivity index (χ3v) is 6.70. The molecule has 1 N–H and O–H groups in total. The molecule has 2 aromatic carbocycles. The number of nitrogens with one attached hydrogen (secondary N) is 1. The van der Waals surface area contributed by atoms with E-state index in [0.717, 1.165) is 49.2 Å². The fourth-order valence-corrected chi connectivity index (χ4v) is 4.87. The molecule has 0 aliphatic carbocycles. The summed E-state index contributed by atoms with van der Waals surface area (Å²) in [5.41, 5.74) is 7.54. The SMILES string of the molecule is Cc1ccc2[nH]c(C3CCN(C(=O)CCCOc4c(C)cccc4C)CC3)c(C)c2c1. The van der Waals surface area contributed by atoms with Gasteiger partial charge in [0.05, 0.1) is 6.61 Å². The summed E-state index contributed by atoms with van der Waals surface area (Å²) in [5.74, 6) is 1.72. The van der Waals surface area contributed by atoms with Crippen molar-refractivity contribution in [2.45, 2.75) is 59.3 Å². The average Bonchev–Trinajstić information content (AvgIpc) is 3.08. The van der Waals surface area contributed by atoms with Crippen LogP contribution in [-0.4, -0.2) is 35.5 Å². The van der Waals surface area contributed by atoms with Gasteiger partial charge in [-0.3, -0.25) is 4.79 Å². The number of aryl methyl sites for hydroxylation is 4. The highest BCUT2D eigenvalue weighted by molar-refractivity contribution is 5.85. The number of hydrogen-bond acceptors (Lipinski definition) is 2. The topological polar surface area (TPSA) is 45.3 Å². The van der Waals surface area contributed by atoms with E-state index in [1.807, 2.05) is 11.0 Å². The van der Waals surface area contributed by atoms with Crippen LogP contribution in [0.15, 0.2) is 36.4 Å². The van der Waals surface area contributed by atoms with Crippen LogP contribution in [0.2, 0.25) is 0 Å². The Morgan fingerprint density at radius 1 is 1.06 bits per heavy atom.